The molecule has 0 aliphatic heterocycles. The Balaban J connectivity index is 2.04. The van der Waals surface area contributed by atoms with Gasteiger partial charge in [-0.3, -0.25) is 0 Å². The molecule has 0 aliphatic rings. The van der Waals surface area contributed by atoms with E-state index in [4.69, 9.17) is 9.47 Å². The maximum absolute atomic E-state index is 5.42. The van der Waals surface area contributed by atoms with E-state index in [1.54, 1.807) is 14.2 Å². The Morgan fingerprint density at radius 1 is 0.542 bits per heavy atom. The van der Waals surface area contributed by atoms with Crippen molar-refractivity contribution in [1.29, 1.82) is 0 Å². The Hall–Kier alpha value is -3.28. The van der Waals surface area contributed by atoms with Crippen LogP contribution in [0.5, 0.6) is 11.8 Å². The number of hydrogen-bond acceptors (Lipinski definition) is 6. The number of para-hydroxylation sites is 4. The summed E-state index contributed by atoms with van der Waals surface area (Å²) in [7, 11) is 3.12. The number of nitrogens with zero attached hydrogens (tertiary/aromatic N) is 4. The lowest BCUT2D eigenvalue weighted by molar-refractivity contribution is 0.392. The van der Waals surface area contributed by atoms with Crippen molar-refractivity contribution in [2.45, 2.75) is 0 Å². The largest absolute Gasteiger partial charge is 0.479 e. The first-order valence-corrected chi connectivity index (χ1v) is 7.42. The van der Waals surface area contributed by atoms with Gasteiger partial charge in [-0.25, -0.2) is 19.9 Å². The van der Waals surface area contributed by atoms with Gasteiger partial charge in [0.2, 0.25) is 11.8 Å². The smallest absolute Gasteiger partial charge is 0.242 e. The molecule has 0 aliphatic carbocycles. The highest BCUT2D eigenvalue weighted by molar-refractivity contribution is 5.83. The van der Waals surface area contributed by atoms with E-state index in [1.165, 1.54) is 0 Å². The number of fused-ring (bicyclic) bond motifs is 2. The van der Waals surface area contributed by atoms with Gasteiger partial charge in [0.1, 0.15) is 0 Å². The minimum Gasteiger partial charge on any atom is -0.479 e. The first kappa shape index (κ1) is 14.3. The van der Waals surface area contributed by atoms with Gasteiger partial charge in [-0.05, 0) is 24.3 Å². The zero-order valence-corrected chi connectivity index (χ0v) is 13.2. The number of hydrogen-bond donors (Lipinski definition) is 0. The molecule has 0 bridgehead atoms. The number of benzene rings is 2. The molecule has 0 unspecified atom stereocenters. The third-order valence-corrected chi connectivity index (χ3v) is 3.69. The Bertz CT molecular complexity index is 964. The Morgan fingerprint density at radius 2 is 0.875 bits per heavy atom. The number of ether oxygens (including phenoxy) is 2. The van der Waals surface area contributed by atoms with Crippen molar-refractivity contribution in [1.82, 2.24) is 19.9 Å². The molecule has 2 aromatic carbocycles. The second kappa shape index (κ2) is 5.73. The van der Waals surface area contributed by atoms with Gasteiger partial charge >= 0.3 is 0 Å². The van der Waals surface area contributed by atoms with Crippen molar-refractivity contribution in [2.24, 2.45) is 0 Å². The van der Waals surface area contributed by atoms with Crippen LogP contribution >= 0.6 is 0 Å². The van der Waals surface area contributed by atoms with Crippen LogP contribution in [0, 0.1) is 0 Å². The van der Waals surface area contributed by atoms with Gasteiger partial charge in [0.15, 0.2) is 11.4 Å². The van der Waals surface area contributed by atoms with Crippen molar-refractivity contribution in [3.63, 3.8) is 0 Å². The summed E-state index contributed by atoms with van der Waals surface area (Å²) in [6.45, 7) is 0. The topological polar surface area (TPSA) is 70.0 Å². The molecule has 0 spiro atoms. The molecule has 4 aromatic rings. The summed E-state index contributed by atoms with van der Waals surface area (Å²) in [6.07, 6.45) is 0. The third-order valence-electron chi connectivity index (χ3n) is 3.69. The summed E-state index contributed by atoms with van der Waals surface area (Å²) in [4.78, 5) is 18.4. The fourth-order valence-corrected chi connectivity index (χ4v) is 2.56. The highest BCUT2D eigenvalue weighted by Gasteiger charge is 2.19. The molecule has 6 nitrogen and oxygen atoms in total. The van der Waals surface area contributed by atoms with Gasteiger partial charge in [-0.15, -0.1) is 0 Å². The lowest BCUT2D eigenvalue weighted by Crippen LogP contribution is -2.01. The lowest BCUT2D eigenvalue weighted by Gasteiger charge is -2.11. The first-order chi connectivity index (χ1) is 11.8. The molecule has 0 amide bonds. The molecule has 24 heavy (non-hydrogen) atoms. The second-order valence-corrected chi connectivity index (χ2v) is 5.14. The first-order valence-electron chi connectivity index (χ1n) is 7.42. The van der Waals surface area contributed by atoms with Crippen LogP contribution in [0.2, 0.25) is 0 Å². The van der Waals surface area contributed by atoms with E-state index in [-0.39, 0.29) is 0 Å². The van der Waals surface area contributed by atoms with Crippen molar-refractivity contribution >= 4 is 22.1 Å². The molecule has 2 aromatic heterocycles. The molecule has 0 radical (unpaired) electrons. The molecule has 0 saturated carbocycles. The summed E-state index contributed by atoms with van der Waals surface area (Å²) < 4.78 is 10.8. The van der Waals surface area contributed by atoms with Crippen LogP contribution < -0.4 is 9.47 Å². The van der Waals surface area contributed by atoms with Crippen LogP contribution in [-0.4, -0.2) is 34.2 Å². The third kappa shape index (κ3) is 2.28. The minimum atomic E-state index is 0.386. The minimum absolute atomic E-state index is 0.386. The monoisotopic (exact) mass is 318 g/mol. The average Bonchev–Trinajstić information content (AvgIpc) is 2.65. The fraction of sp³-hybridized carbons (Fsp3) is 0.111. The van der Waals surface area contributed by atoms with Crippen molar-refractivity contribution in [3.05, 3.63) is 48.5 Å². The van der Waals surface area contributed by atoms with E-state index in [0.29, 0.717) is 23.1 Å². The molecular formula is C18H14N4O2. The Labute approximate surface area is 138 Å². The molecule has 4 rings (SSSR count). The van der Waals surface area contributed by atoms with Crippen LogP contribution in [-0.2, 0) is 0 Å². The molecule has 118 valence electrons. The molecule has 0 saturated heterocycles. The van der Waals surface area contributed by atoms with Gasteiger partial charge in [0, 0.05) is 0 Å². The second-order valence-electron chi connectivity index (χ2n) is 5.14. The van der Waals surface area contributed by atoms with Gasteiger partial charge < -0.3 is 9.47 Å². The number of rotatable bonds is 3. The van der Waals surface area contributed by atoms with E-state index in [1.807, 2.05) is 48.5 Å². The van der Waals surface area contributed by atoms with Crippen molar-refractivity contribution in [3.8, 4) is 23.1 Å². The van der Waals surface area contributed by atoms with Crippen molar-refractivity contribution in [2.75, 3.05) is 14.2 Å². The maximum Gasteiger partial charge on any atom is 0.242 e. The highest BCUT2D eigenvalue weighted by Crippen LogP contribution is 2.33. The Kier molecular flexibility index (Phi) is 3.42. The van der Waals surface area contributed by atoms with Crippen LogP contribution in [0.15, 0.2) is 48.5 Å². The SMILES string of the molecule is COc1nc2ccccc2nc1-c1nc2ccccc2nc1OC. The van der Waals surface area contributed by atoms with Gasteiger partial charge in [0.05, 0.1) is 36.3 Å². The van der Waals surface area contributed by atoms with E-state index < -0.39 is 0 Å². The molecule has 0 fully saturated rings. The molecule has 0 atom stereocenters. The van der Waals surface area contributed by atoms with Crippen molar-refractivity contribution < 1.29 is 9.47 Å². The average molecular weight is 318 g/mol. The van der Waals surface area contributed by atoms with Crippen LogP contribution in [0.1, 0.15) is 0 Å². The summed E-state index contributed by atoms with van der Waals surface area (Å²) >= 11 is 0. The molecule has 0 N–H and O–H groups in total. The van der Waals surface area contributed by atoms with Crippen LogP contribution in [0.4, 0.5) is 0 Å². The predicted octanol–water partition coefficient (Wildman–Crippen LogP) is 3.26. The summed E-state index contributed by atoms with van der Waals surface area (Å²) in [6, 6.07) is 15.2. The van der Waals surface area contributed by atoms with Crippen LogP contribution in [0.25, 0.3) is 33.5 Å². The highest BCUT2D eigenvalue weighted by atomic mass is 16.5. The van der Waals surface area contributed by atoms with Crippen LogP contribution in [0.3, 0.4) is 0 Å². The zero-order chi connectivity index (χ0) is 16.5. The zero-order valence-electron chi connectivity index (χ0n) is 13.2. The normalized spacial score (nSPS) is 10.9. The van der Waals surface area contributed by atoms with Gasteiger partial charge in [-0.2, -0.15) is 0 Å². The summed E-state index contributed by atoms with van der Waals surface area (Å²) in [5.41, 5.74) is 4.03. The van der Waals surface area contributed by atoms with Gasteiger partial charge in [0.25, 0.3) is 0 Å². The predicted molar refractivity (Wildman–Crippen MR) is 91.2 cm³/mol. The maximum atomic E-state index is 5.42. The quantitative estimate of drug-likeness (QED) is 0.577. The lowest BCUT2D eigenvalue weighted by atomic mass is 10.2. The van der Waals surface area contributed by atoms with E-state index >= 15 is 0 Å². The summed E-state index contributed by atoms with van der Waals surface area (Å²) in [5.74, 6) is 0.771. The number of methoxy groups -OCH3 is 2. The van der Waals surface area contributed by atoms with Gasteiger partial charge in [-0.1, -0.05) is 24.3 Å². The standard InChI is InChI=1S/C18H14N4O2/c1-23-17-15(19-11-7-3-5-9-13(11)21-17)16-18(24-2)22-14-10-6-4-8-12(14)20-16/h3-10H,1-2H3. The van der Waals surface area contributed by atoms with E-state index in [2.05, 4.69) is 19.9 Å². The molecule has 6 heteroatoms. The van der Waals surface area contributed by atoms with E-state index in [0.717, 1.165) is 22.1 Å². The summed E-state index contributed by atoms with van der Waals surface area (Å²) in [5, 5.41) is 0. The number of aromatic nitrogens is 4. The molecule has 2 heterocycles. The Morgan fingerprint density at radius 3 is 1.21 bits per heavy atom. The molecular weight excluding hydrogens is 304 g/mol. The van der Waals surface area contributed by atoms with E-state index in [9.17, 15) is 0 Å². The fourth-order valence-electron chi connectivity index (χ4n) is 2.56.